The highest BCUT2D eigenvalue weighted by molar-refractivity contribution is 5.84. The van der Waals surface area contributed by atoms with Gasteiger partial charge in [0.15, 0.2) is 11.9 Å². The highest BCUT2D eigenvalue weighted by Crippen LogP contribution is 2.35. The Morgan fingerprint density at radius 2 is 1.55 bits per heavy atom. The van der Waals surface area contributed by atoms with Crippen molar-refractivity contribution in [2.24, 2.45) is 0 Å². The average Bonchev–Trinajstić information content (AvgIpc) is 3.66. The van der Waals surface area contributed by atoms with Crippen LogP contribution in [0.15, 0.2) is 71.7 Å². The SMILES string of the molecule is O=c1ccnc(-c2ccc(-c3ccc(-c4c(F)cc5[nH]c(O[C@@H]6CO[C@H]7[C@@H]6OC[C@H]7O)nc5c4F)cc3)cc2)[nH]1. The molecule has 2 aromatic heterocycles. The smallest absolute Gasteiger partial charge is 0.295 e. The van der Waals surface area contributed by atoms with Crippen molar-refractivity contribution < 1.29 is 28.1 Å². The third-order valence-corrected chi connectivity index (χ3v) is 7.23. The summed E-state index contributed by atoms with van der Waals surface area (Å²) in [5.74, 6) is -1.09. The standard InChI is InChI=1S/C29H22F2N4O5/c30-18-11-19-25(35-29(33-19)40-21-13-39-26-20(36)12-38-27(21)26)24(31)23(18)16-5-1-14(2-6-16)15-3-7-17(8-4-15)28-32-10-9-22(37)34-28/h1-11,20-21,26-27,36H,12-13H2,(H,33,35)(H,32,34,37)/t20-,21-,26-,27-/m1/s1. The van der Waals surface area contributed by atoms with Crippen LogP contribution < -0.4 is 10.3 Å². The van der Waals surface area contributed by atoms with Gasteiger partial charge < -0.3 is 29.3 Å². The normalized spacial score (nSPS) is 22.1. The number of benzene rings is 3. The molecule has 2 fully saturated rings. The maximum absolute atomic E-state index is 15.6. The molecule has 0 aliphatic carbocycles. The van der Waals surface area contributed by atoms with Crippen molar-refractivity contribution in [3.63, 3.8) is 0 Å². The van der Waals surface area contributed by atoms with E-state index in [2.05, 4.69) is 19.9 Å². The van der Waals surface area contributed by atoms with E-state index in [1.54, 1.807) is 24.3 Å². The first-order valence-electron chi connectivity index (χ1n) is 12.7. The third kappa shape index (κ3) is 4.24. The Morgan fingerprint density at radius 3 is 2.27 bits per heavy atom. The van der Waals surface area contributed by atoms with Crippen molar-refractivity contribution >= 4 is 11.0 Å². The van der Waals surface area contributed by atoms with Crippen molar-refractivity contribution in [1.82, 2.24) is 19.9 Å². The van der Waals surface area contributed by atoms with E-state index in [9.17, 15) is 9.90 Å². The van der Waals surface area contributed by atoms with Gasteiger partial charge in [-0.15, -0.1) is 0 Å². The van der Waals surface area contributed by atoms with Crippen LogP contribution in [0.1, 0.15) is 0 Å². The molecule has 4 heterocycles. The number of aliphatic hydroxyl groups is 1. The molecule has 7 rings (SSSR count). The summed E-state index contributed by atoms with van der Waals surface area (Å²) in [7, 11) is 0. The Hall–Kier alpha value is -4.45. The molecule has 2 aliphatic rings. The van der Waals surface area contributed by atoms with Gasteiger partial charge in [0.2, 0.25) is 0 Å². The number of ether oxygens (including phenoxy) is 3. The van der Waals surface area contributed by atoms with Crippen LogP contribution in [-0.4, -0.2) is 62.7 Å². The van der Waals surface area contributed by atoms with Crippen LogP contribution in [0.2, 0.25) is 0 Å². The van der Waals surface area contributed by atoms with E-state index in [-0.39, 0.29) is 41.4 Å². The van der Waals surface area contributed by atoms with Gasteiger partial charge in [-0.25, -0.2) is 13.8 Å². The Labute approximate surface area is 225 Å². The van der Waals surface area contributed by atoms with Gasteiger partial charge in [0, 0.05) is 23.9 Å². The quantitative estimate of drug-likeness (QED) is 0.307. The molecule has 3 N–H and O–H groups in total. The van der Waals surface area contributed by atoms with Crippen molar-refractivity contribution in [2.45, 2.75) is 24.4 Å². The highest BCUT2D eigenvalue weighted by atomic mass is 19.1. The van der Waals surface area contributed by atoms with Crippen LogP contribution in [0, 0.1) is 11.6 Å². The van der Waals surface area contributed by atoms with Gasteiger partial charge in [-0.2, -0.15) is 4.98 Å². The van der Waals surface area contributed by atoms with Gasteiger partial charge in [0.05, 0.1) is 24.3 Å². The highest BCUT2D eigenvalue weighted by Gasteiger charge is 2.48. The van der Waals surface area contributed by atoms with Crippen LogP contribution in [-0.2, 0) is 9.47 Å². The number of H-pyrrole nitrogens is 2. The second kappa shape index (κ2) is 9.63. The molecule has 0 saturated carbocycles. The molecule has 0 bridgehead atoms. The van der Waals surface area contributed by atoms with Crippen LogP contribution >= 0.6 is 0 Å². The van der Waals surface area contributed by atoms with E-state index in [4.69, 9.17) is 14.2 Å². The van der Waals surface area contributed by atoms with Gasteiger partial charge >= 0.3 is 0 Å². The first-order chi connectivity index (χ1) is 19.4. The summed E-state index contributed by atoms with van der Waals surface area (Å²) in [5, 5.41) is 9.91. The van der Waals surface area contributed by atoms with Gasteiger partial charge in [0.25, 0.3) is 11.6 Å². The van der Waals surface area contributed by atoms with Crippen LogP contribution in [0.4, 0.5) is 8.78 Å². The molecule has 4 atom stereocenters. The van der Waals surface area contributed by atoms with Crippen LogP contribution in [0.25, 0.3) is 44.7 Å². The van der Waals surface area contributed by atoms with Gasteiger partial charge in [-0.05, 0) is 16.7 Å². The molecule has 0 radical (unpaired) electrons. The number of nitrogens with zero attached hydrogens (tertiary/aromatic N) is 2. The van der Waals surface area contributed by atoms with Gasteiger partial charge in [0.1, 0.15) is 35.5 Å². The fourth-order valence-corrected chi connectivity index (χ4v) is 5.23. The topological polar surface area (TPSA) is 122 Å². The molecule has 2 saturated heterocycles. The summed E-state index contributed by atoms with van der Waals surface area (Å²) in [5.41, 5.74) is 2.51. The lowest BCUT2D eigenvalue weighted by molar-refractivity contribution is 0.00706. The number of hydrogen-bond donors (Lipinski definition) is 3. The number of fused-ring (bicyclic) bond motifs is 2. The molecule has 202 valence electrons. The number of rotatable bonds is 5. The van der Waals surface area contributed by atoms with Crippen LogP contribution in [0.5, 0.6) is 6.01 Å². The molecule has 2 aliphatic heterocycles. The number of hydrogen-bond acceptors (Lipinski definition) is 7. The fourth-order valence-electron chi connectivity index (χ4n) is 5.23. The van der Waals surface area contributed by atoms with Crippen molar-refractivity contribution in [2.75, 3.05) is 13.2 Å². The Morgan fingerprint density at radius 1 is 0.875 bits per heavy atom. The lowest BCUT2D eigenvalue weighted by atomic mass is 9.98. The molecule has 5 aromatic rings. The molecule has 3 aromatic carbocycles. The fraction of sp³-hybridized carbons (Fsp3) is 0.207. The minimum Gasteiger partial charge on any atom is -0.456 e. The van der Waals surface area contributed by atoms with Gasteiger partial charge in [-0.3, -0.25) is 4.79 Å². The predicted molar refractivity (Wildman–Crippen MR) is 141 cm³/mol. The Balaban J connectivity index is 1.14. The van der Waals surface area contributed by atoms with Crippen molar-refractivity contribution in [3.8, 4) is 39.7 Å². The largest absolute Gasteiger partial charge is 0.456 e. The van der Waals surface area contributed by atoms with E-state index in [0.29, 0.717) is 11.4 Å². The second-order valence-electron chi connectivity index (χ2n) is 9.74. The summed E-state index contributed by atoms with van der Waals surface area (Å²) in [6, 6.07) is 16.8. The summed E-state index contributed by atoms with van der Waals surface area (Å²) in [4.78, 5) is 25.5. The number of imidazole rings is 1. The van der Waals surface area contributed by atoms with Crippen LogP contribution in [0.3, 0.4) is 0 Å². The molecule has 0 amide bonds. The maximum atomic E-state index is 15.6. The van der Waals surface area contributed by atoms with Crippen molar-refractivity contribution in [1.29, 1.82) is 0 Å². The zero-order chi connectivity index (χ0) is 27.4. The average molecular weight is 545 g/mol. The van der Waals surface area contributed by atoms with E-state index in [1.807, 2.05) is 24.3 Å². The molecule has 11 heteroatoms. The minimum atomic E-state index is -0.810. The van der Waals surface area contributed by atoms with E-state index >= 15 is 8.78 Å². The second-order valence-corrected chi connectivity index (χ2v) is 9.74. The third-order valence-electron chi connectivity index (χ3n) is 7.23. The maximum Gasteiger partial charge on any atom is 0.295 e. The molecule has 9 nitrogen and oxygen atoms in total. The summed E-state index contributed by atoms with van der Waals surface area (Å²) in [6.07, 6.45) is -0.768. The van der Waals surface area contributed by atoms with E-state index in [0.717, 1.165) is 16.7 Å². The Kier molecular flexibility index (Phi) is 5.92. The zero-order valence-electron chi connectivity index (χ0n) is 20.8. The lowest BCUT2D eigenvalue weighted by Gasteiger charge is -2.15. The van der Waals surface area contributed by atoms with Crippen molar-refractivity contribution in [3.05, 3.63) is 88.8 Å². The number of aromatic nitrogens is 4. The monoisotopic (exact) mass is 544 g/mol. The molecular formula is C29H22F2N4O5. The summed E-state index contributed by atoms with van der Waals surface area (Å²) < 4.78 is 47.6. The van der Waals surface area contributed by atoms with E-state index in [1.165, 1.54) is 18.3 Å². The lowest BCUT2D eigenvalue weighted by Crippen LogP contribution is -2.34. The molecule has 40 heavy (non-hydrogen) atoms. The first kappa shape index (κ1) is 24.6. The number of aliphatic hydroxyl groups excluding tert-OH is 1. The predicted octanol–water partition coefficient (Wildman–Crippen LogP) is 3.83. The zero-order valence-corrected chi connectivity index (χ0v) is 20.8. The molecule has 0 spiro atoms. The number of halogens is 2. The van der Waals surface area contributed by atoms with E-state index < -0.39 is 36.1 Å². The summed E-state index contributed by atoms with van der Waals surface area (Å²) >= 11 is 0. The Bertz CT molecular complexity index is 1770. The number of aromatic amines is 2. The molecular weight excluding hydrogens is 522 g/mol. The summed E-state index contributed by atoms with van der Waals surface area (Å²) in [6.45, 7) is 0.332. The molecule has 0 unspecified atom stereocenters. The number of nitrogens with one attached hydrogen (secondary N) is 2. The minimum absolute atomic E-state index is 0.0123. The first-order valence-corrected chi connectivity index (χ1v) is 12.7. The van der Waals surface area contributed by atoms with Gasteiger partial charge in [-0.1, -0.05) is 48.5 Å².